The molecule has 0 saturated carbocycles. The Hall–Kier alpha value is -2.16. The molecule has 0 spiro atoms. The van der Waals surface area contributed by atoms with Crippen LogP contribution in [0.25, 0.3) is 11.0 Å². The summed E-state index contributed by atoms with van der Waals surface area (Å²) in [6.07, 6.45) is 1.55. The largest absolute Gasteiger partial charge is 0.629 e. The number of methoxy groups -OCH3 is 2. The van der Waals surface area contributed by atoms with Crippen LogP contribution in [0, 0.1) is 5.21 Å². The van der Waals surface area contributed by atoms with Crippen LogP contribution in [0.3, 0.4) is 0 Å². The molecule has 1 aliphatic heterocycles. The number of hydrogen-bond acceptors (Lipinski definition) is 5. The lowest BCUT2D eigenvalue weighted by Gasteiger charge is -2.33. The van der Waals surface area contributed by atoms with E-state index in [4.69, 9.17) is 9.47 Å². The van der Waals surface area contributed by atoms with Gasteiger partial charge in [-0.05, 0) is 26.0 Å². The maximum atomic E-state index is 12.8. The normalized spacial score (nSPS) is 22.0. The van der Waals surface area contributed by atoms with Gasteiger partial charge in [-0.1, -0.05) is 0 Å². The van der Waals surface area contributed by atoms with Gasteiger partial charge in [-0.25, -0.2) is 4.98 Å². The lowest BCUT2D eigenvalue weighted by molar-refractivity contribution is -0.813. The van der Waals surface area contributed by atoms with Gasteiger partial charge in [-0.15, -0.1) is 0 Å². The zero-order chi connectivity index (χ0) is 18.1. The van der Waals surface area contributed by atoms with Gasteiger partial charge >= 0.3 is 0 Å². The molecule has 2 N–H and O–H groups in total. The van der Waals surface area contributed by atoms with Crippen molar-refractivity contribution in [1.82, 2.24) is 9.97 Å². The molecule has 7 nitrogen and oxygen atoms in total. The number of aromatic nitrogens is 2. The van der Waals surface area contributed by atoms with Gasteiger partial charge in [-0.3, -0.25) is 4.21 Å². The summed E-state index contributed by atoms with van der Waals surface area (Å²) in [5.74, 6) is 1.55. The monoisotopic (exact) mass is 363 g/mol. The van der Waals surface area contributed by atoms with E-state index < -0.39 is 16.8 Å². The van der Waals surface area contributed by atoms with E-state index in [0.717, 1.165) is 16.7 Å². The van der Waals surface area contributed by atoms with E-state index in [9.17, 15) is 9.42 Å². The van der Waals surface area contributed by atoms with Crippen LogP contribution >= 0.6 is 0 Å². The molecule has 2 aromatic rings. The van der Waals surface area contributed by atoms with E-state index in [1.165, 1.54) is 0 Å². The number of aromatic amines is 1. The Morgan fingerprint density at radius 2 is 2.08 bits per heavy atom. The van der Waals surface area contributed by atoms with Crippen molar-refractivity contribution in [2.45, 2.75) is 25.0 Å². The first-order valence-electron chi connectivity index (χ1n) is 7.84. The van der Waals surface area contributed by atoms with Gasteiger partial charge in [0.2, 0.25) is 0 Å². The number of nitrogens with zero attached hydrogens (tertiary/aromatic N) is 1. The predicted molar refractivity (Wildman–Crippen MR) is 95.5 cm³/mol. The van der Waals surface area contributed by atoms with Crippen molar-refractivity contribution in [3.8, 4) is 5.75 Å². The van der Waals surface area contributed by atoms with Crippen molar-refractivity contribution in [3.05, 3.63) is 46.5 Å². The molecule has 0 aliphatic carbocycles. The van der Waals surface area contributed by atoms with E-state index in [1.54, 1.807) is 38.6 Å². The van der Waals surface area contributed by atoms with Crippen LogP contribution in [0.15, 0.2) is 46.5 Å². The third kappa shape index (κ3) is 3.33. The predicted octanol–water partition coefficient (Wildman–Crippen LogP) is 1.27. The SMILES string of the molecule is COC1=C(C)C(CS(=O)c2nc3ccc(OC)cc3[nH]2)[NH+]([O-])C=C1C. The molecule has 8 heteroatoms. The molecule has 0 amide bonds. The van der Waals surface area contributed by atoms with Crippen molar-refractivity contribution in [1.29, 1.82) is 0 Å². The molecule has 1 aromatic carbocycles. The number of H-pyrrole nitrogens is 1. The summed E-state index contributed by atoms with van der Waals surface area (Å²) in [4.78, 5) is 7.43. The molecule has 25 heavy (non-hydrogen) atoms. The first kappa shape index (κ1) is 17.7. The van der Waals surface area contributed by atoms with Crippen LogP contribution in [-0.2, 0) is 15.5 Å². The Kier molecular flexibility index (Phi) is 4.94. The first-order valence-corrected chi connectivity index (χ1v) is 9.16. The van der Waals surface area contributed by atoms with Crippen LogP contribution < -0.4 is 9.80 Å². The maximum absolute atomic E-state index is 12.8. The van der Waals surface area contributed by atoms with E-state index in [0.29, 0.717) is 22.2 Å². The highest BCUT2D eigenvalue weighted by atomic mass is 32.2. The highest BCUT2D eigenvalue weighted by Gasteiger charge is 2.29. The van der Waals surface area contributed by atoms with Crippen molar-refractivity contribution < 1.29 is 18.7 Å². The summed E-state index contributed by atoms with van der Waals surface area (Å²) >= 11 is 0. The average molecular weight is 363 g/mol. The fourth-order valence-electron chi connectivity index (χ4n) is 3.02. The summed E-state index contributed by atoms with van der Waals surface area (Å²) in [7, 11) is 1.72. The molecule has 0 saturated heterocycles. The van der Waals surface area contributed by atoms with Crippen molar-refractivity contribution in [2.24, 2.45) is 0 Å². The lowest BCUT2D eigenvalue weighted by atomic mass is 10.0. The molecule has 2 heterocycles. The summed E-state index contributed by atoms with van der Waals surface area (Å²) < 4.78 is 23.3. The quantitative estimate of drug-likeness (QED) is 0.781. The summed E-state index contributed by atoms with van der Waals surface area (Å²) in [5, 5.41) is 12.7. The second-order valence-electron chi connectivity index (χ2n) is 5.94. The first-order chi connectivity index (χ1) is 11.9. The van der Waals surface area contributed by atoms with Gasteiger partial charge in [0.1, 0.15) is 23.8 Å². The zero-order valence-corrected chi connectivity index (χ0v) is 15.4. The second kappa shape index (κ2) is 6.99. The fraction of sp³-hybridized carbons (Fsp3) is 0.353. The van der Waals surface area contributed by atoms with Gasteiger partial charge in [-0.2, -0.15) is 0 Å². The third-order valence-corrected chi connectivity index (χ3v) is 5.61. The molecule has 3 atom stereocenters. The van der Waals surface area contributed by atoms with E-state index in [2.05, 4.69) is 9.97 Å². The molecule has 3 unspecified atom stereocenters. The van der Waals surface area contributed by atoms with E-state index in [-0.39, 0.29) is 10.8 Å². The molecule has 0 fully saturated rings. The molecule has 0 bridgehead atoms. The Morgan fingerprint density at radius 3 is 2.76 bits per heavy atom. The molecule has 1 aliphatic rings. The zero-order valence-electron chi connectivity index (χ0n) is 14.6. The summed E-state index contributed by atoms with van der Waals surface area (Å²) in [5.41, 5.74) is 3.06. The maximum Gasteiger partial charge on any atom is 0.197 e. The van der Waals surface area contributed by atoms with E-state index in [1.807, 2.05) is 13.8 Å². The number of imidazole rings is 1. The minimum Gasteiger partial charge on any atom is -0.629 e. The molecular weight excluding hydrogens is 342 g/mol. The number of benzene rings is 1. The van der Waals surface area contributed by atoms with Gasteiger partial charge in [0.05, 0.1) is 41.8 Å². The topological polar surface area (TPSA) is 91.7 Å². The van der Waals surface area contributed by atoms with Crippen LogP contribution in [0.2, 0.25) is 0 Å². The minimum absolute atomic E-state index is 0.0538. The van der Waals surface area contributed by atoms with Gasteiger partial charge in [0.25, 0.3) is 0 Å². The number of ether oxygens (including phenoxy) is 2. The highest BCUT2D eigenvalue weighted by molar-refractivity contribution is 7.84. The number of rotatable bonds is 5. The Bertz CT molecular complexity index is 887. The number of quaternary nitrogens is 1. The van der Waals surface area contributed by atoms with Gasteiger partial charge < -0.3 is 24.7 Å². The highest BCUT2D eigenvalue weighted by Crippen LogP contribution is 2.22. The second-order valence-corrected chi connectivity index (χ2v) is 7.35. The van der Waals surface area contributed by atoms with Gasteiger partial charge in [0.15, 0.2) is 5.16 Å². The third-order valence-electron chi connectivity index (χ3n) is 4.35. The van der Waals surface area contributed by atoms with Crippen molar-refractivity contribution >= 4 is 21.8 Å². The molecular formula is C17H21N3O4S. The van der Waals surface area contributed by atoms with Crippen molar-refractivity contribution in [2.75, 3.05) is 20.0 Å². The molecule has 1 aromatic heterocycles. The lowest BCUT2D eigenvalue weighted by Crippen LogP contribution is -3.08. The van der Waals surface area contributed by atoms with Crippen LogP contribution in [0.5, 0.6) is 5.75 Å². The standard InChI is InChI=1S/C17H21N3O4S/c1-10-8-20(21)15(11(2)16(10)24-4)9-25(22)17-18-13-6-5-12(23-3)7-14(13)19-17/h5-8,15,20H,9H2,1-4H3,(H,18,19). The molecule has 3 rings (SSSR count). The molecule has 0 radical (unpaired) electrons. The molecule has 134 valence electrons. The van der Waals surface area contributed by atoms with Gasteiger partial charge in [0, 0.05) is 17.2 Å². The number of fused-ring (bicyclic) bond motifs is 1. The average Bonchev–Trinajstić information content (AvgIpc) is 3.01. The number of hydrogen-bond donors (Lipinski definition) is 2. The summed E-state index contributed by atoms with van der Waals surface area (Å²) in [6, 6.07) is 4.93. The Balaban J connectivity index is 1.86. The van der Waals surface area contributed by atoms with Crippen LogP contribution in [-0.4, -0.2) is 40.2 Å². The van der Waals surface area contributed by atoms with Crippen LogP contribution in [0.1, 0.15) is 13.8 Å². The Morgan fingerprint density at radius 1 is 1.32 bits per heavy atom. The number of nitrogens with one attached hydrogen (secondary N) is 2. The smallest absolute Gasteiger partial charge is 0.197 e. The number of hydroxylamine groups is 2. The van der Waals surface area contributed by atoms with E-state index >= 15 is 0 Å². The number of allylic oxidation sites excluding steroid dienone is 1. The Labute approximate surface area is 148 Å². The fourth-order valence-corrected chi connectivity index (χ4v) is 4.32. The van der Waals surface area contributed by atoms with Crippen LogP contribution in [0.4, 0.5) is 0 Å². The van der Waals surface area contributed by atoms with Crippen molar-refractivity contribution in [3.63, 3.8) is 0 Å². The minimum atomic E-state index is -1.44. The summed E-state index contributed by atoms with van der Waals surface area (Å²) in [6.45, 7) is 3.68.